The number of carbonyl (C=O) groups is 1. The molecule has 5 nitrogen and oxygen atoms in total. The lowest BCUT2D eigenvalue weighted by Crippen LogP contribution is -2.56. The van der Waals surface area contributed by atoms with Crippen molar-refractivity contribution in [2.45, 2.75) is 45.7 Å². The highest BCUT2D eigenvalue weighted by atomic mass is 16.5. The first kappa shape index (κ1) is 16.7. The monoisotopic (exact) mass is 297 g/mol. The second-order valence-electron chi connectivity index (χ2n) is 7.19. The van der Waals surface area contributed by atoms with Gasteiger partial charge in [0, 0.05) is 37.8 Å². The van der Waals surface area contributed by atoms with Gasteiger partial charge in [0.2, 0.25) is 5.91 Å². The highest BCUT2D eigenvalue weighted by Gasteiger charge is 2.37. The van der Waals surface area contributed by atoms with Crippen molar-refractivity contribution in [3.8, 4) is 0 Å². The summed E-state index contributed by atoms with van der Waals surface area (Å²) in [5, 5.41) is 3.45. The highest BCUT2D eigenvalue weighted by Crippen LogP contribution is 2.20. The molecule has 1 N–H and O–H groups in total. The van der Waals surface area contributed by atoms with Crippen LogP contribution < -0.4 is 5.32 Å². The van der Waals surface area contributed by atoms with Gasteiger partial charge in [-0.25, -0.2) is 0 Å². The maximum atomic E-state index is 12.7. The molecule has 21 heavy (non-hydrogen) atoms. The topological polar surface area (TPSA) is 44.8 Å². The van der Waals surface area contributed by atoms with E-state index in [1.54, 1.807) is 0 Å². The van der Waals surface area contributed by atoms with Gasteiger partial charge in [0.15, 0.2) is 0 Å². The van der Waals surface area contributed by atoms with Gasteiger partial charge in [0.25, 0.3) is 0 Å². The summed E-state index contributed by atoms with van der Waals surface area (Å²) in [6, 6.07) is 0.193. The van der Waals surface area contributed by atoms with Crippen LogP contribution in [0.2, 0.25) is 0 Å². The second-order valence-corrected chi connectivity index (χ2v) is 7.19. The molecule has 0 aromatic heterocycles. The van der Waals surface area contributed by atoms with Crippen LogP contribution in [0.4, 0.5) is 0 Å². The van der Waals surface area contributed by atoms with Gasteiger partial charge in [-0.2, -0.15) is 0 Å². The third-order valence-electron chi connectivity index (χ3n) is 4.59. The SMILES string of the molecule is CCCNC1COCC1C(=O)N1CCN(C(C)(C)C)CC1. The number of hydrogen-bond donors (Lipinski definition) is 1. The van der Waals surface area contributed by atoms with Gasteiger partial charge in [-0.3, -0.25) is 9.69 Å². The van der Waals surface area contributed by atoms with Gasteiger partial charge in [-0.1, -0.05) is 6.92 Å². The number of nitrogens with one attached hydrogen (secondary N) is 1. The smallest absolute Gasteiger partial charge is 0.229 e. The fourth-order valence-electron chi connectivity index (χ4n) is 3.16. The van der Waals surface area contributed by atoms with Gasteiger partial charge in [-0.15, -0.1) is 0 Å². The first-order chi connectivity index (χ1) is 9.93. The highest BCUT2D eigenvalue weighted by molar-refractivity contribution is 5.80. The van der Waals surface area contributed by atoms with Gasteiger partial charge in [-0.05, 0) is 33.7 Å². The van der Waals surface area contributed by atoms with E-state index in [2.05, 4.69) is 37.9 Å². The predicted molar refractivity (Wildman–Crippen MR) is 84.3 cm³/mol. The molecule has 2 atom stereocenters. The Kier molecular flexibility index (Phi) is 5.63. The molecule has 2 saturated heterocycles. The number of hydrogen-bond acceptors (Lipinski definition) is 4. The van der Waals surface area contributed by atoms with Gasteiger partial charge >= 0.3 is 0 Å². The Labute approximate surface area is 129 Å². The van der Waals surface area contributed by atoms with Crippen molar-refractivity contribution in [2.24, 2.45) is 5.92 Å². The van der Waals surface area contributed by atoms with Crippen LogP contribution in [0.5, 0.6) is 0 Å². The molecule has 0 saturated carbocycles. The summed E-state index contributed by atoms with van der Waals surface area (Å²) in [5.41, 5.74) is 0.191. The number of carbonyl (C=O) groups excluding carboxylic acids is 1. The van der Waals surface area contributed by atoms with Crippen molar-refractivity contribution in [2.75, 3.05) is 45.9 Å². The molecule has 2 aliphatic rings. The number of nitrogens with zero attached hydrogens (tertiary/aromatic N) is 2. The van der Waals surface area contributed by atoms with Gasteiger partial charge in [0.1, 0.15) is 0 Å². The molecule has 0 aromatic carbocycles. The molecular weight excluding hydrogens is 266 g/mol. The molecule has 0 spiro atoms. The molecule has 5 heteroatoms. The van der Waals surface area contributed by atoms with Crippen LogP contribution in [0.15, 0.2) is 0 Å². The van der Waals surface area contributed by atoms with Crippen LogP contribution in [0.3, 0.4) is 0 Å². The Balaban J connectivity index is 1.86. The van der Waals surface area contributed by atoms with E-state index in [0.29, 0.717) is 13.2 Å². The summed E-state index contributed by atoms with van der Waals surface area (Å²) in [7, 11) is 0. The molecule has 2 heterocycles. The summed E-state index contributed by atoms with van der Waals surface area (Å²) in [4.78, 5) is 17.2. The quantitative estimate of drug-likeness (QED) is 0.839. The molecule has 2 rings (SSSR count). The summed E-state index contributed by atoms with van der Waals surface area (Å²) in [5.74, 6) is 0.271. The van der Waals surface area contributed by atoms with E-state index in [9.17, 15) is 4.79 Å². The summed E-state index contributed by atoms with van der Waals surface area (Å²) in [6.07, 6.45) is 1.08. The normalized spacial score (nSPS) is 28.1. The van der Waals surface area contributed by atoms with Crippen LogP contribution in [-0.4, -0.2) is 73.2 Å². The van der Waals surface area contributed by atoms with E-state index in [0.717, 1.165) is 39.1 Å². The minimum Gasteiger partial charge on any atom is -0.379 e. The van der Waals surface area contributed by atoms with E-state index in [1.165, 1.54) is 0 Å². The molecule has 0 aromatic rings. The maximum Gasteiger partial charge on any atom is 0.229 e. The van der Waals surface area contributed by atoms with Crippen LogP contribution in [0.1, 0.15) is 34.1 Å². The Morgan fingerprint density at radius 3 is 2.43 bits per heavy atom. The van der Waals surface area contributed by atoms with Crippen LogP contribution in [0, 0.1) is 5.92 Å². The summed E-state index contributed by atoms with van der Waals surface area (Å²) < 4.78 is 5.53. The Hall–Kier alpha value is -0.650. The van der Waals surface area contributed by atoms with E-state index in [-0.39, 0.29) is 23.4 Å². The van der Waals surface area contributed by atoms with Crippen molar-refractivity contribution >= 4 is 5.91 Å². The van der Waals surface area contributed by atoms with Crippen molar-refractivity contribution in [1.82, 2.24) is 15.1 Å². The van der Waals surface area contributed by atoms with Crippen molar-refractivity contribution in [3.63, 3.8) is 0 Å². The molecule has 0 radical (unpaired) electrons. The van der Waals surface area contributed by atoms with E-state index < -0.39 is 0 Å². The Bertz CT molecular complexity index is 346. The third-order valence-corrected chi connectivity index (χ3v) is 4.59. The van der Waals surface area contributed by atoms with E-state index >= 15 is 0 Å². The molecule has 1 amide bonds. The lowest BCUT2D eigenvalue weighted by atomic mass is 10.0. The maximum absolute atomic E-state index is 12.7. The molecule has 0 aliphatic carbocycles. The van der Waals surface area contributed by atoms with Crippen LogP contribution >= 0.6 is 0 Å². The predicted octanol–water partition coefficient (Wildman–Crippen LogP) is 0.944. The fourth-order valence-corrected chi connectivity index (χ4v) is 3.16. The first-order valence-electron chi connectivity index (χ1n) is 8.28. The molecule has 2 unspecified atom stereocenters. The minimum absolute atomic E-state index is 0.00210. The third kappa shape index (κ3) is 4.18. The molecular formula is C16H31N3O2. The van der Waals surface area contributed by atoms with Gasteiger partial charge in [0.05, 0.1) is 19.1 Å². The summed E-state index contributed by atoms with van der Waals surface area (Å²) >= 11 is 0. The van der Waals surface area contributed by atoms with E-state index in [1.807, 2.05) is 4.90 Å². The number of amides is 1. The van der Waals surface area contributed by atoms with Crippen LogP contribution in [0.25, 0.3) is 0 Å². The van der Waals surface area contributed by atoms with Crippen molar-refractivity contribution in [3.05, 3.63) is 0 Å². The van der Waals surface area contributed by atoms with Gasteiger partial charge < -0.3 is 15.0 Å². The van der Waals surface area contributed by atoms with Crippen molar-refractivity contribution < 1.29 is 9.53 Å². The zero-order valence-corrected chi connectivity index (χ0v) is 14.0. The van der Waals surface area contributed by atoms with Crippen LogP contribution in [-0.2, 0) is 9.53 Å². The minimum atomic E-state index is -0.00210. The Morgan fingerprint density at radius 2 is 1.86 bits per heavy atom. The number of rotatable bonds is 4. The molecule has 0 bridgehead atoms. The number of ether oxygens (including phenoxy) is 1. The first-order valence-corrected chi connectivity index (χ1v) is 8.28. The standard InChI is InChI=1S/C16H31N3O2/c1-5-6-17-14-12-21-11-13(14)15(20)18-7-9-19(10-8-18)16(2,3)4/h13-14,17H,5-12H2,1-4H3. The molecule has 122 valence electrons. The fraction of sp³-hybridized carbons (Fsp3) is 0.938. The zero-order chi connectivity index (χ0) is 15.5. The van der Waals surface area contributed by atoms with Crippen molar-refractivity contribution in [1.29, 1.82) is 0 Å². The average Bonchev–Trinajstić information content (AvgIpc) is 2.92. The molecule has 2 fully saturated rings. The Morgan fingerprint density at radius 1 is 1.19 bits per heavy atom. The number of piperazine rings is 1. The largest absolute Gasteiger partial charge is 0.379 e. The lowest BCUT2D eigenvalue weighted by molar-refractivity contribution is -0.138. The van der Waals surface area contributed by atoms with E-state index in [4.69, 9.17) is 4.74 Å². The average molecular weight is 297 g/mol. The second kappa shape index (κ2) is 7.07. The molecule has 2 aliphatic heterocycles. The summed E-state index contributed by atoms with van der Waals surface area (Å²) in [6.45, 7) is 14.7. The lowest BCUT2D eigenvalue weighted by Gasteiger charge is -2.43. The zero-order valence-electron chi connectivity index (χ0n) is 14.0.